The molecule has 1 amide bonds. The SMILES string of the molecule is COc1ccc(-c2nnc(C)o2)cc1NC(=O)c1csc(Cc2ccccc2)n1. The van der Waals surface area contributed by atoms with Crippen LogP contribution >= 0.6 is 11.3 Å². The topological polar surface area (TPSA) is 90.1 Å². The summed E-state index contributed by atoms with van der Waals surface area (Å²) < 4.78 is 10.8. The molecule has 0 aliphatic heterocycles. The molecule has 0 unspecified atom stereocenters. The molecule has 7 nitrogen and oxygen atoms in total. The number of carbonyl (C=O) groups is 1. The second kappa shape index (κ2) is 8.24. The van der Waals surface area contributed by atoms with E-state index in [4.69, 9.17) is 9.15 Å². The maximum atomic E-state index is 12.7. The lowest BCUT2D eigenvalue weighted by molar-refractivity contribution is 0.102. The number of anilines is 1. The highest BCUT2D eigenvalue weighted by Crippen LogP contribution is 2.30. The molecular weight excluding hydrogens is 388 g/mol. The van der Waals surface area contributed by atoms with Crippen LogP contribution < -0.4 is 10.1 Å². The minimum absolute atomic E-state index is 0.308. The van der Waals surface area contributed by atoms with Crippen molar-refractivity contribution in [1.29, 1.82) is 0 Å². The third-order valence-corrected chi connectivity index (χ3v) is 5.05. The Morgan fingerprint density at radius 1 is 1.17 bits per heavy atom. The molecule has 0 bridgehead atoms. The van der Waals surface area contributed by atoms with Crippen LogP contribution in [0.2, 0.25) is 0 Å². The molecule has 2 heterocycles. The van der Waals surface area contributed by atoms with Gasteiger partial charge in [-0.3, -0.25) is 4.79 Å². The van der Waals surface area contributed by atoms with E-state index < -0.39 is 0 Å². The summed E-state index contributed by atoms with van der Waals surface area (Å²) in [5.74, 6) is 1.06. The molecule has 0 aliphatic rings. The summed E-state index contributed by atoms with van der Waals surface area (Å²) in [7, 11) is 1.54. The van der Waals surface area contributed by atoms with Crippen molar-refractivity contribution in [3.8, 4) is 17.2 Å². The number of hydrogen-bond acceptors (Lipinski definition) is 7. The first-order chi connectivity index (χ1) is 14.1. The lowest BCUT2D eigenvalue weighted by atomic mass is 10.1. The van der Waals surface area contributed by atoms with Crippen LogP contribution in [0.3, 0.4) is 0 Å². The zero-order valence-corrected chi connectivity index (χ0v) is 16.7. The number of hydrogen-bond donors (Lipinski definition) is 1. The van der Waals surface area contributed by atoms with Gasteiger partial charge in [0.05, 0.1) is 17.8 Å². The number of ether oxygens (including phenoxy) is 1. The molecule has 0 saturated heterocycles. The van der Waals surface area contributed by atoms with Crippen LogP contribution in [-0.2, 0) is 6.42 Å². The molecule has 146 valence electrons. The largest absolute Gasteiger partial charge is 0.495 e. The van der Waals surface area contributed by atoms with E-state index in [0.29, 0.717) is 40.9 Å². The fraction of sp³-hybridized carbons (Fsp3) is 0.143. The summed E-state index contributed by atoms with van der Waals surface area (Å²) >= 11 is 1.46. The van der Waals surface area contributed by atoms with Crippen molar-refractivity contribution in [2.45, 2.75) is 13.3 Å². The first-order valence-electron chi connectivity index (χ1n) is 8.90. The molecule has 1 N–H and O–H groups in total. The van der Waals surface area contributed by atoms with Crippen molar-refractivity contribution in [3.05, 3.63) is 76.1 Å². The van der Waals surface area contributed by atoms with E-state index in [2.05, 4.69) is 20.5 Å². The van der Waals surface area contributed by atoms with Crippen molar-refractivity contribution in [1.82, 2.24) is 15.2 Å². The summed E-state index contributed by atoms with van der Waals surface area (Å²) in [4.78, 5) is 17.2. The van der Waals surface area contributed by atoms with Gasteiger partial charge >= 0.3 is 0 Å². The van der Waals surface area contributed by atoms with E-state index in [1.807, 2.05) is 30.3 Å². The lowest BCUT2D eigenvalue weighted by Crippen LogP contribution is -2.13. The number of aryl methyl sites for hydroxylation is 1. The van der Waals surface area contributed by atoms with Gasteiger partial charge in [0.15, 0.2) is 0 Å². The molecule has 8 heteroatoms. The second-order valence-corrected chi connectivity index (χ2v) is 7.23. The minimum Gasteiger partial charge on any atom is -0.495 e. The number of amides is 1. The van der Waals surface area contributed by atoms with E-state index in [-0.39, 0.29) is 5.91 Å². The number of carbonyl (C=O) groups excluding carboxylic acids is 1. The zero-order valence-electron chi connectivity index (χ0n) is 15.9. The Bertz CT molecular complexity index is 1140. The zero-order chi connectivity index (χ0) is 20.2. The molecule has 0 atom stereocenters. The Labute approximate surface area is 171 Å². The summed E-state index contributed by atoms with van der Waals surface area (Å²) in [6.07, 6.45) is 0.689. The average Bonchev–Trinajstić information content (AvgIpc) is 3.38. The van der Waals surface area contributed by atoms with Gasteiger partial charge in [-0.05, 0) is 23.8 Å². The van der Waals surface area contributed by atoms with Crippen molar-refractivity contribution >= 4 is 22.9 Å². The second-order valence-electron chi connectivity index (χ2n) is 6.28. The molecule has 29 heavy (non-hydrogen) atoms. The highest BCUT2D eigenvalue weighted by molar-refractivity contribution is 7.09. The van der Waals surface area contributed by atoms with Crippen LogP contribution in [0.25, 0.3) is 11.5 Å². The first-order valence-corrected chi connectivity index (χ1v) is 9.78. The normalized spacial score (nSPS) is 10.7. The van der Waals surface area contributed by atoms with Crippen LogP contribution in [0.1, 0.15) is 27.0 Å². The van der Waals surface area contributed by atoms with Crippen molar-refractivity contribution < 1.29 is 13.9 Å². The van der Waals surface area contributed by atoms with Gasteiger partial charge in [0.1, 0.15) is 11.4 Å². The Kier molecular flexibility index (Phi) is 5.35. The minimum atomic E-state index is -0.308. The van der Waals surface area contributed by atoms with Crippen molar-refractivity contribution in [2.24, 2.45) is 0 Å². The smallest absolute Gasteiger partial charge is 0.275 e. The number of thiazole rings is 1. The lowest BCUT2D eigenvalue weighted by Gasteiger charge is -2.10. The number of nitrogens with zero attached hydrogens (tertiary/aromatic N) is 3. The Morgan fingerprint density at radius 2 is 2.00 bits per heavy atom. The fourth-order valence-corrected chi connectivity index (χ4v) is 3.61. The number of nitrogens with one attached hydrogen (secondary N) is 1. The maximum Gasteiger partial charge on any atom is 0.275 e. The third-order valence-electron chi connectivity index (χ3n) is 4.20. The number of rotatable bonds is 6. The van der Waals surface area contributed by atoms with Crippen molar-refractivity contribution in [3.63, 3.8) is 0 Å². The van der Waals surface area contributed by atoms with Gasteiger partial charge in [0.2, 0.25) is 11.8 Å². The monoisotopic (exact) mass is 406 g/mol. The molecule has 0 spiro atoms. The predicted octanol–water partition coefficient (Wildman–Crippen LogP) is 4.35. The highest BCUT2D eigenvalue weighted by Gasteiger charge is 2.16. The standard InChI is InChI=1S/C21H18N4O3S/c1-13-24-25-21(28-13)15-8-9-18(27-2)16(11-15)23-20(26)17-12-29-19(22-17)10-14-6-4-3-5-7-14/h3-9,11-12H,10H2,1-2H3,(H,23,26). The molecule has 0 saturated carbocycles. The molecular formula is C21H18N4O3S. The quantitative estimate of drug-likeness (QED) is 0.512. The van der Waals surface area contributed by atoms with Gasteiger partial charge in [0.25, 0.3) is 5.91 Å². The molecule has 0 aliphatic carbocycles. The van der Waals surface area contributed by atoms with Crippen LogP contribution in [0.4, 0.5) is 5.69 Å². The summed E-state index contributed by atoms with van der Waals surface area (Å²) in [6, 6.07) is 15.3. The fourth-order valence-electron chi connectivity index (χ4n) is 2.81. The van der Waals surface area contributed by atoms with Gasteiger partial charge in [-0.1, -0.05) is 30.3 Å². The van der Waals surface area contributed by atoms with Crippen molar-refractivity contribution in [2.75, 3.05) is 12.4 Å². The molecule has 4 rings (SSSR count). The molecule has 0 radical (unpaired) electrons. The van der Waals surface area contributed by atoms with E-state index in [1.165, 1.54) is 11.3 Å². The van der Waals surface area contributed by atoms with Gasteiger partial charge in [0, 0.05) is 24.3 Å². The number of aromatic nitrogens is 3. The van der Waals surface area contributed by atoms with Gasteiger partial charge in [-0.2, -0.15) is 0 Å². The third kappa shape index (κ3) is 4.33. The number of methoxy groups -OCH3 is 1. The summed E-state index contributed by atoms with van der Waals surface area (Å²) in [5, 5.41) is 13.3. The molecule has 2 aromatic carbocycles. The van der Waals surface area contributed by atoms with Gasteiger partial charge < -0.3 is 14.5 Å². The van der Waals surface area contributed by atoms with Crippen LogP contribution in [0, 0.1) is 6.92 Å². The van der Waals surface area contributed by atoms with E-state index in [1.54, 1.807) is 37.6 Å². The van der Waals surface area contributed by atoms with Crippen LogP contribution in [0.15, 0.2) is 58.3 Å². The van der Waals surface area contributed by atoms with Gasteiger partial charge in [-0.25, -0.2) is 4.98 Å². The van der Waals surface area contributed by atoms with Crippen LogP contribution in [-0.4, -0.2) is 28.2 Å². The van der Waals surface area contributed by atoms with Gasteiger partial charge in [-0.15, -0.1) is 21.5 Å². The Morgan fingerprint density at radius 3 is 2.72 bits per heavy atom. The molecule has 0 fully saturated rings. The first kappa shape index (κ1) is 18.8. The Balaban J connectivity index is 1.53. The number of benzene rings is 2. The molecule has 4 aromatic rings. The maximum absolute atomic E-state index is 12.7. The van der Waals surface area contributed by atoms with Crippen LogP contribution in [0.5, 0.6) is 5.75 Å². The molecule has 2 aromatic heterocycles. The predicted molar refractivity (Wildman–Crippen MR) is 110 cm³/mol. The highest BCUT2D eigenvalue weighted by atomic mass is 32.1. The summed E-state index contributed by atoms with van der Waals surface area (Å²) in [6.45, 7) is 1.72. The van der Waals surface area contributed by atoms with E-state index in [9.17, 15) is 4.79 Å². The summed E-state index contributed by atoms with van der Waals surface area (Å²) in [5.41, 5.74) is 2.70. The Hall–Kier alpha value is -3.52. The van der Waals surface area contributed by atoms with E-state index >= 15 is 0 Å². The average molecular weight is 406 g/mol. The van der Waals surface area contributed by atoms with E-state index in [0.717, 1.165) is 10.6 Å².